The lowest BCUT2D eigenvalue weighted by Crippen LogP contribution is -2.36. The summed E-state index contributed by atoms with van der Waals surface area (Å²) in [4.78, 5) is 2.33. The molecule has 2 heteroatoms. The van der Waals surface area contributed by atoms with Crippen molar-refractivity contribution in [2.24, 2.45) is 0 Å². The third kappa shape index (κ3) is 2.96. The zero-order valence-corrected chi connectivity index (χ0v) is 10.9. The van der Waals surface area contributed by atoms with Crippen LogP contribution in [0.2, 0.25) is 0 Å². The van der Waals surface area contributed by atoms with Crippen LogP contribution in [0.15, 0.2) is 42.5 Å². The molecule has 0 saturated carbocycles. The second-order valence-corrected chi connectivity index (χ2v) is 4.72. The van der Waals surface area contributed by atoms with Gasteiger partial charge in [-0.25, -0.2) is 0 Å². The van der Waals surface area contributed by atoms with Crippen LogP contribution in [0.3, 0.4) is 0 Å². The van der Waals surface area contributed by atoms with Crippen molar-refractivity contribution in [3.8, 4) is 11.8 Å². The van der Waals surface area contributed by atoms with Gasteiger partial charge in [-0.3, -0.25) is 4.90 Å². The first-order chi connectivity index (χ1) is 9.43. The number of nitrogens with zero attached hydrogens (tertiary/aromatic N) is 1. The van der Waals surface area contributed by atoms with E-state index in [9.17, 15) is 0 Å². The van der Waals surface area contributed by atoms with Gasteiger partial charge in [0.2, 0.25) is 0 Å². The van der Waals surface area contributed by atoms with Crippen molar-refractivity contribution in [3.05, 3.63) is 48.0 Å². The van der Waals surface area contributed by atoms with Crippen LogP contribution in [0.25, 0.3) is 10.8 Å². The number of benzene rings is 2. The number of fused-ring (bicyclic) bond motifs is 1. The Morgan fingerprint density at radius 2 is 1.79 bits per heavy atom. The molecule has 1 saturated heterocycles. The van der Waals surface area contributed by atoms with Crippen molar-refractivity contribution in [3.63, 3.8) is 0 Å². The van der Waals surface area contributed by atoms with Crippen molar-refractivity contribution in [1.29, 1.82) is 0 Å². The van der Waals surface area contributed by atoms with Gasteiger partial charge in [0.05, 0.1) is 19.8 Å². The zero-order chi connectivity index (χ0) is 12.9. The first-order valence-corrected chi connectivity index (χ1v) is 6.70. The third-order valence-corrected chi connectivity index (χ3v) is 3.42. The first-order valence-electron chi connectivity index (χ1n) is 6.70. The monoisotopic (exact) mass is 251 g/mol. The smallest absolute Gasteiger partial charge is 0.0606 e. The summed E-state index contributed by atoms with van der Waals surface area (Å²) in [6.07, 6.45) is 0. The van der Waals surface area contributed by atoms with Crippen LogP contribution in [0.4, 0.5) is 0 Å². The molecule has 3 rings (SSSR count). The predicted octanol–water partition coefficient (Wildman–Crippen LogP) is 2.52. The average molecular weight is 251 g/mol. The van der Waals surface area contributed by atoms with Crippen LogP contribution < -0.4 is 0 Å². The molecule has 0 amide bonds. The molecule has 19 heavy (non-hydrogen) atoms. The molecule has 0 spiro atoms. The summed E-state index contributed by atoms with van der Waals surface area (Å²) in [5.41, 5.74) is 1.12. The van der Waals surface area contributed by atoms with Crippen LogP contribution in [-0.4, -0.2) is 37.7 Å². The molecule has 0 aliphatic carbocycles. The van der Waals surface area contributed by atoms with Crippen LogP contribution >= 0.6 is 0 Å². The van der Waals surface area contributed by atoms with Gasteiger partial charge < -0.3 is 4.74 Å². The van der Waals surface area contributed by atoms with E-state index in [4.69, 9.17) is 4.74 Å². The van der Waals surface area contributed by atoms with E-state index in [1.54, 1.807) is 0 Å². The number of ether oxygens (including phenoxy) is 1. The number of hydrogen-bond donors (Lipinski definition) is 0. The predicted molar refractivity (Wildman–Crippen MR) is 78.1 cm³/mol. The Kier molecular flexibility index (Phi) is 3.78. The van der Waals surface area contributed by atoms with Gasteiger partial charge in [0, 0.05) is 18.7 Å². The zero-order valence-electron chi connectivity index (χ0n) is 10.9. The van der Waals surface area contributed by atoms with E-state index < -0.39 is 0 Å². The minimum atomic E-state index is 0.826. The maximum absolute atomic E-state index is 5.33. The van der Waals surface area contributed by atoms with Gasteiger partial charge in [-0.05, 0) is 16.8 Å². The summed E-state index contributed by atoms with van der Waals surface area (Å²) < 4.78 is 5.33. The summed E-state index contributed by atoms with van der Waals surface area (Å²) in [6.45, 7) is 4.47. The summed E-state index contributed by atoms with van der Waals surface area (Å²) in [6, 6.07) is 14.7. The van der Waals surface area contributed by atoms with Gasteiger partial charge in [-0.2, -0.15) is 0 Å². The fourth-order valence-electron chi connectivity index (χ4n) is 2.34. The van der Waals surface area contributed by atoms with Crippen LogP contribution in [0.5, 0.6) is 0 Å². The molecule has 0 radical (unpaired) electrons. The maximum Gasteiger partial charge on any atom is 0.0606 e. The molecule has 0 atom stereocenters. The summed E-state index contributed by atoms with van der Waals surface area (Å²) in [5, 5.41) is 2.49. The third-order valence-electron chi connectivity index (χ3n) is 3.42. The Bertz CT molecular complexity index is 612. The molecule has 1 aliphatic heterocycles. The van der Waals surface area contributed by atoms with Gasteiger partial charge >= 0.3 is 0 Å². The van der Waals surface area contributed by atoms with Crippen molar-refractivity contribution >= 4 is 10.8 Å². The van der Waals surface area contributed by atoms with Crippen molar-refractivity contribution in [2.75, 3.05) is 32.8 Å². The van der Waals surface area contributed by atoms with E-state index in [1.807, 2.05) is 0 Å². The largest absolute Gasteiger partial charge is 0.379 e. The lowest BCUT2D eigenvalue weighted by molar-refractivity contribution is 0.0443. The normalized spacial score (nSPS) is 16.0. The fourth-order valence-corrected chi connectivity index (χ4v) is 2.34. The van der Waals surface area contributed by atoms with Crippen LogP contribution in [0.1, 0.15) is 5.56 Å². The molecule has 1 aliphatic rings. The van der Waals surface area contributed by atoms with Gasteiger partial charge in [0.25, 0.3) is 0 Å². The Balaban J connectivity index is 1.78. The molecule has 1 heterocycles. The Hall–Kier alpha value is -1.82. The second-order valence-electron chi connectivity index (χ2n) is 4.72. The molecule has 2 nitrogen and oxygen atoms in total. The van der Waals surface area contributed by atoms with E-state index >= 15 is 0 Å². The maximum atomic E-state index is 5.33. The summed E-state index contributed by atoms with van der Waals surface area (Å²) in [7, 11) is 0. The molecular formula is C17H17NO. The number of rotatable bonds is 1. The van der Waals surface area contributed by atoms with E-state index in [2.05, 4.69) is 59.2 Å². The Morgan fingerprint density at radius 1 is 1.00 bits per heavy atom. The molecule has 0 unspecified atom stereocenters. The molecule has 2 aromatic carbocycles. The molecule has 1 fully saturated rings. The van der Waals surface area contributed by atoms with Crippen molar-refractivity contribution < 1.29 is 4.74 Å². The molecule has 0 bridgehead atoms. The molecule has 2 aromatic rings. The first kappa shape index (κ1) is 12.2. The van der Waals surface area contributed by atoms with Crippen molar-refractivity contribution in [2.45, 2.75) is 0 Å². The van der Waals surface area contributed by atoms with E-state index in [1.165, 1.54) is 10.8 Å². The van der Waals surface area contributed by atoms with E-state index in [0.29, 0.717) is 0 Å². The number of morpholine rings is 1. The average Bonchev–Trinajstić information content (AvgIpc) is 2.49. The minimum absolute atomic E-state index is 0.826. The lowest BCUT2D eigenvalue weighted by atomic mass is 10.1. The van der Waals surface area contributed by atoms with Crippen LogP contribution in [0, 0.1) is 11.8 Å². The Morgan fingerprint density at radius 3 is 2.68 bits per heavy atom. The highest BCUT2D eigenvalue weighted by atomic mass is 16.5. The second kappa shape index (κ2) is 5.88. The highest BCUT2D eigenvalue weighted by Gasteiger charge is 2.07. The molecule has 0 aromatic heterocycles. The van der Waals surface area contributed by atoms with E-state index in [0.717, 1.165) is 38.4 Å². The quantitative estimate of drug-likeness (QED) is 0.722. The van der Waals surface area contributed by atoms with E-state index in [-0.39, 0.29) is 0 Å². The van der Waals surface area contributed by atoms with Gasteiger partial charge in [-0.15, -0.1) is 0 Å². The fraction of sp³-hybridized carbons (Fsp3) is 0.294. The topological polar surface area (TPSA) is 12.5 Å². The summed E-state index contributed by atoms with van der Waals surface area (Å²) >= 11 is 0. The SMILES string of the molecule is C(#Cc1cccc2ccccc12)CN1CCOCC1. The number of hydrogen-bond acceptors (Lipinski definition) is 2. The summed E-state index contributed by atoms with van der Waals surface area (Å²) in [5.74, 6) is 6.59. The highest BCUT2D eigenvalue weighted by Crippen LogP contribution is 2.17. The van der Waals surface area contributed by atoms with Gasteiger partial charge in [0.15, 0.2) is 0 Å². The minimum Gasteiger partial charge on any atom is -0.379 e. The van der Waals surface area contributed by atoms with Crippen molar-refractivity contribution in [1.82, 2.24) is 4.90 Å². The molecule has 96 valence electrons. The van der Waals surface area contributed by atoms with Gasteiger partial charge in [0.1, 0.15) is 0 Å². The molecular weight excluding hydrogens is 234 g/mol. The van der Waals surface area contributed by atoms with Gasteiger partial charge in [-0.1, -0.05) is 48.2 Å². The molecule has 0 N–H and O–H groups in total. The lowest BCUT2D eigenvalue weighted by Gasteiger charge is -2.24. The Labute approximate surface area is 114 Å². The standard InChI is InChI=1S/C17H17NO/c1-2-9-17-15(5-1)6-3-7-16(17)8-4-10-18-11-13-19-14-12-18/h1-3,5-7,9H,10-14H2. The van der Waals surface area contributed by atoms with Crippen LogP contribution in [-0.2, 0) is 4.74 Å². The highest BCUT2D eigenvalue weighted by molar-refractivity contribution is 5.88.